The number of aromatic carboxylic acids is 1. The summed E-state index contributed by atoms with van der Waals surface area (Å²) in [7, 11) is 0. The maximum atomic E-state index is 11.2. The van der Waals surface area contributed by atoms with Gasteiger partial charge in [0.2, 0.25) is 0 Å². The minimum absolute atomic E-state index is 0.183. The number of likely N-dealkylation sites (N-methyl/N-ethyl adjacent to an activating group) is 1. The zero-order valence-corrected chi connectivity index (χ0v) is 10.8. The molecule has 102 valence electrons. The summed E-state index contributed by atoms with van der Waals surface area (Å²) < 4.78 is 0. The average Bonchev–Trinajstić information content (AvgIpc) is 2.34. The summed E-state index contributed by atoms with van der Waals surface area (Å²) in [6.45, 7) is 8.39. The third-order valence-corrected chi connectivity index (χ3v) is 2.44. The minimum atomic E-state index is -1.24. The van der Waals surface area contributed by atoms with Crippen molar-refractivity contribution in [1.82, 2.24) is 4.98 Å². The summed E-state index contributed by atoms with van der Waals surface area (Å²) in [4.78, 5) is 26.8. The van der Waals surface area contributed by atoms with Gasteiger partial charge in [0.1, 0.15) is 17.6 Å². The molecule has 19 heavy (non-hydrogen) atoms. The lowest BCUT2D eigenvalue weighted by Crippen LogP contribution is -2.27. The first-order chi connectivity index (χ1) is 8.86. The van der Waals surface area contributed by atoms with Crippen LogP contribution in [0, 0.1) is 10.1 Å². The number of aromatic nitrogens is 1. The van der Waals surface area contributed by atoms with Crippen LogP contribution in [0.4, 0.5) is 11.5 Å². The number of hydrogen-bond donors (Lipinski definition) is 1. The summed E-state index contributed by atoms with van der Waals surface area (Å²) >= 11 is 0. The Morgan fingerprint density at radius 1 is 1.63 bits per heavy atom. The SMILES string of the molecule is C=C(C)CN(CC)c1ncc([N+](=O)[O-])cc1C(=O)O. The first kappa shape index (κ1) is 14.6. The van der Waals surface area contributed by atoms with Crippen molar-refractivity contribution in [2.75, 3.05) is 18.0 Å². The molecule has 0 aromatic carbocycles. The number of rotatable bonds is 6. The highest BCUT2D eigenvalue weighted by atomic mass is 16.6. The standard InChI is InChI=1S/C12H15N3O4/c1-4-14(7-8(2)3)11-10(12(16)17)5-9(6-13-11)15(18)19/h5-6H,2,4,7H2,1,3H3,(H,16,17). The van der Waals surface area contributed by atoms with Gasteiger partial charge in [0.25, 0.3) is 5.69 Å². The quantitative estimate of drug-likeness (QED) is 0.480. The molecule has 7 nitrogen and oxygen atoms in total. The monoisotopic (exact) mass is 265 g/mol. The zero-order valence-electron chi connectivity index (χ0n) is 10.8. The van der Waals surface area contributed by atoms with Crippen LogP contribution in [0.25, 0.3) is 0 Å². The molecule has 0 aliphatic heterocycles. The van der Waals surface area contributed by atoms with Crippen molar-refractivity contribution in [2.45, 2.75) is 13.8 Å². The summed E-state index contributed by atoms with van der Waals surface area (Å²) in [5.74, 6) is -1.03. The second-order valence-corrected chi connectivity index (χ2v) is 4.10. The van der Waals surface area contributed by atoms with E-state index in [0.717, 1.165) is 17.8 Å². The topological polar surface area (TPSA) is 96.6 Å². The van der Waals surface area contributed by atoms with Crippen LogP contribution in [0.2, 0.25) is 0 Å². The van der Waals surface area contributed by atoms with Crippen LogP contribution in [0.3, 0.4) is 0 Å². The van der Waals surface area contributed by atoms with Gasteiger partial charge in [-0.15, -0.1) is 0 Å². The molecular formula is C12H15N3O4. The van der Waals surface area contributed by atoms with Crippen LogP contribution in [0.15, 0.2) is 24.4 Å². The Morgan fingerprint density at radius 2 is 2.26 bits per heavy atom. The Bertz CT molecular complexity index is 528. The fourth-order valence-corrected chi connectivity index (χ4v) is 1.62. The molecule has 0 bridgehead atoms. The second-order valence-electron chi connectivity index (χ2n) is 4.10. The molecule has 1 aromatic heterocycles. The first-order valence-corrected chi connectivity index (χ1v) is 5.63. The Morgan fingerprint density at radius 3 is 2.68 bits per heavy atom. The molecular weight excluding hydrogens is 250 g/mol. The van der Waals surface area contributed by atoms with E-state index in [1.54, 1.807) is 4.90 Å². The third-order valence-electron chi connectivity index (χ3n) is 2.44. The number of anilines is 1. The van der Waals surface area contributed by atoms with Crippen molar-refractivity contribution in [2.24, 2.45) is 0 Å². The Labute approximate surface area is 110 Å². The molecule has 7 heteroatoms. The maximum absolute atomic E-state index is 11.2. The van der Waals surface area contributed by atoms with Gasteiger partial charge in [0, 0.05) is 19.2 Å². The van der Waals surface area contributed by atoms with Crippen molar-refractivity contribution in [3.05, 3.63) is 40.1 Å². The second kappa shape index (κ2) is 5.94. The summed E-state index contributed by atoms with van der Waals surface area (Å²) in [5, 5.41) is 19.8. The largest absolute Gasteiger partial charge is 0.478 e. The van der Waals surface area contributed by atoms with Crippen molar-refractivity contribution in [3.63, 3.8) is 0 Å². The average molecular weight is 265 g/mol. The Kier molecular flexibility index (Phi) is 4.57. The lowest BCUT2D eigenvalue weighted by atomic mass is 10.2. The van der Waals surface area contributed by atoms with E-state index in [1.165, 1.54) is 0 Å². The molecule has 0 saturated heterocycles. The molecule has 1 N–H and O–H groups in total. The summed E-state index contributed by atoms with van der Waals surface area (Å²) in [6, 6.07) is 1.02. The van der Waals surface area contributed by atoms with Gasteiger partial charge < -0.3 is 10.0 Å². The fraction of sp³-hybridized carbons (Fsp3) is 0.333. The van der Waals surface area contributed by atoms with Gasteiger partial charge in [-0.3, -0.25) is 10.1 Å². The van der Waals surface area contributed by atoms with Gasteiger partial charge in [-0.05, 0) is 13.8 Å². The first-order valence-electron chi connectivity index (χ1n) is 5.63. The molecule has 0 aliphatic rings. The predicted molar refractivity (Wildman–Crippen MR) is 70.6 cm³/mol. The molecule has 0 unspecified atom stereocenters. The number of nitro groups is 1. The molecule has 0 atom stereocenters. The van der Waals surface area contributed by atoms with Gasteiger partial charge in [0.15, 0.2) is 0 Å². The smallest absolute Gasteiger partial charge is 0.339 e. The van der Waals surface area contributed by atoms with Crippen LogP contribution in [0.1, 0.15) is 24.2 Å². The summed E-state index contributed by atoms with van der Waals surface area (Å²) in [5.41, 5.74) is 0.322. The van der Waals surface area contributed by atoms with E-state index in [9.17, 15) is 14.9 Å². The normalized spacial score (nSPS) is 10.0. The molecule has 0 fully saturated rings. The van der Waals surface area contributed by atoms with E-state index in [-0.39, 0.29) is 17.1 Å². The Hall–Kier alpha value is -2.44. The number of carbonyl (C=O) groups is 1. The minimum Gasteiger partial charge on any atom is -0.478 e. The van der Waals surface area contributed by atoms with Gasteiger partial charge in [-0.25, -0.2) is 9.78 Å². The van der Waals surface area contributed by atoms with E-state index in [4.69, 9.17) is 5.11 Å². The van der Waals surface area contributed by atoms with Crippen LogP contribution >= 0.6 is 0 Å². The Balaban J connectivity index is 3.29. The van der Waals surface area contributed by atoms with Gasteiger partial charge in [0.05, 0.1) is 4.92 Å². The highest BCUT2D eigenvalue weighted by Gasteiger charge is 2.20. The molecule has 1 heterocycles. The highest BCUT2D eigenvalue weighted by molar-refractivity contribution is 5.94. The van der Waals surface area contributed by atoms with Crippen molar-refractivity contribution in [1.29, 1.82) is 0 Å². The number of hydrogen-bond acceptors (Lipinski definition) is 5. The lowest BCUT2D eigenvalue weighted by molar-refractivity contribution is -0.385. The fourth-order valence-electron chi connectivity index (χ4n) is 1.62. The van der Waals surface area contributed by atoms with E-state index in [0.29, 0.717) is 13.1 Å². The van der Waals surface area contributed by atoms with Crippen LogP contribution in [-0.2, 0) is 0 Å². The van der Waals surface area contributed by atoms with E-state index < -0.39 is 10.9 Å². The van der Waals surface area contributed by atoms with Gasteiger partial charge >= 0.3 is 5.97 Å². The molecule has 1 rings (SSSR count). The highest BCUT2D eigenvalue weighted by Crippen LogP contribution is 2.23. The van der Waals surface area contributed by atoms with Crippen LogP contribution in [0.5, 0.6) is 0 Å². The number of pyridine rings is 1. The number of nitrogens with zero attached hydrogens (tertiary/aromatic N) is 3. The maximum Gasteiger partial charge on any atom is 0.339 e. The number of carboxylic acids is 1. The lowest BCUT2D eigenvalue weighted by Gasteiger charge is -2.23. The molecule has 0 saturated carbocycles. The zero-order chi connectivity index (χ0) is 14.6. The van der Waals surface area contributed by atoms with Gasteiger partial charge in [-0.1, -0.05) is 12.2 Å². The summed E-state index contributed by atoms with van der Waals surface area (Å²) in [6.07, 6.45) is 1.06. The van der Waals surface area contributed by atoms with Crippen LogP contribution < -0.4 is 4.90 Å². The molecule has 0 radical (unpaired) electrons. The van der Waals surface area contributed by atoms with Crippen molar-refractivity contribution >= 4 is 17.5 Å². The van der Waals surface area contributed by atoms with E-state index in [2.05, 4.69) is 11.6 Å². The van der Waals surface area contributed by atoms with Crippen LogP contribution in [-0.4, -0.2) is 34.1 Å². The third kappa shape index (κ3) is 3.51. The molecule has 1 aromatic rings. The van der Waals surface area contributed by atoms with E-state index >= 15 is 0 Å². The van der Waals surface area contributed by atoms with Gasteiger partial charge in [-0.2, -0.15) is 0 Å². The predicted octanol–water partition coefficient (Wildman–Crippen LogP) is 2.09. The van der Waals surface area contributed by atoms with E-state index in [1.807, 2.05) is 13.8 Å². The molecule has 0 spiro atoms. The number of carboxylic acid groups (broad SMARTS) is 1. The van der Waals surface area contributed by atoms with Crippen molar-refractivity contribution < 1.29 is 14.8 Å². The molecule has 0 aliphatic carbocycles. The molecule has 0 amide bonds. The van der Waals surface area contributed by atoms with Crippen molar-refractivity contribution in [3.8, 4) is 0 Å².